The highest BCUT2D eigenvalue weighted by atomic mass is 35.5. The molecule has 0 saturated heterocycles. The first-order valence-electron chi connectivity index (χ1n) is 6.17. The van der Waals surface area contributed by atoms with Crippen LogP contribution < -0.4 is 16.0 Å². The first kappa shape index (κ1) is 14.6. The summed E-state index contributed by atoms with van der Waals surface area (Å²) in [5.41, 5.74) is 3.11. The topological polar surface area (TPSA) is 69.4 Å². The minimum atomic E-state index is 0.312. The number of hydrogen-bond acceptors (Lipinski definition) is 5. The third kappa shape index (κ3) is 4.38. The van der Waals surface area contributed by atoms with Crippen LogP contribution in [0.5, 0.6) is 5.75 Å². The van der Waals surface area contributed by atoms with Crippen LogP contribution in [0.15, 0.2) is 42.5 Å². The molecular formula is C14H16ClN3O2. The van der Waals surface area contributed by atoms with E-state index in [2.05, 4.69) is 10.4 Å². The Hall–Kier alpha value is -1.82. The first-order chi connectivity index (χ1) is 9.79. The van der Waals surface area contributed by atoms with Crippen molar-refractivity contribution in [1.82, 2.24) is 4.98 Å². The number of aromatic nitrogens is 1. The number of nitrogens with one attached hydrogen (secondary N) is 1. The van der Waals surface area contributed by atoms with E-state index in [0.29, 0.717) is 36.4 Å². The van der Waals surface area contributed by atoms with Crippen LogP contribution >= 0.6 is 11.6 Å². The number of nitrogen functional groups attached to an aromatic ring is 1. The van der Waals surface area contributed by atoms with Crippen molar-refractivity contribution in [2.75, 3.05) is 18.6 Å². The van der Waals surface area contributed by atoms with Gasteiger partial charge in [0.25, 0.3) is 0 Å². The second-order valence-corrected chi connectivity index (χ2v) is 4.39. The molecule has 2 rings (SSSR count). The number of nitrogens with zero attached hydrogens (tertiary/aromatic N) is 1. The van der Waals surface area contributed by atoms with E-state index in [1.165, 1.54) is 0 Å². The summed E-state index contributed by atoms with van der Waals surface area (Å²) in [5, 5.41) is 0.549. The number of rotatable bonds is 7. The quantitative estimate of drug-likeness (QED) is 0.466. The smallest absolute Gasteiger partial charge is 0.140 e. The molecule has 0 saturated carbocycles. The average Bonchev–Trinajstić information content (AvgIpc) is 2.50. The number of hydrazine groups is 1. The molecule has 0 radical (unpaired) electrons. The van der Waals surface area contributed by atoms with E-state index >= 15 is 0 Å². The van der Waals surface area contributed by atoms with Gasteiger partial charge in [0.2, 0.25) is 0 Å². The number of pyridine rings is 1. The molecule has 1 heterocycles. The highest BCUT2D eigenvalue weighted by Crippen LogP contribution is 2.17. The summed E-state index contributed by atoms with van der Waals surface area (Å²) in [7, 11) is 0. The molecule has 0 bridgehead atoms. The van der Waals surface area contributed by atoms with Gasteiger partial charge in [-0.05, 0) is 24.3 Å². The molecule has 0 aliphatic rings. The molecule has 0 aliphatic carbocycles. The van der Waals surface area contributed by atoms with Gasteiger partial charge in [-0.25, -0.2) is 10.8 Å². The number of para-hydroxylation sites is 1. The van der Waals surface area contributed by atoms with Crippen LogP contribution in [0.4, 0.5) is 5.82 Å². The van der Waals surface area contributed by atoms with Gasteiger partial charge in [-0.2, -0.15) is 0 Å². The van der Waals surface area contributed by atoms with Gasteiger partial charge in [-0.15, -0.1) is 0 Å². The molecule has 0 aliphatic heterocycles. The lowest BCUT2D eigenvalue weighted by molar-refractivity contribution is 0.0871. The van der Waals surface area contributed by atoms with E-state index < -0.39 is 0 Å². The van der Waals surface area contributed by atoms with E-state index in [4.69, 9.17) is 26.9 Å². The lowest BCUT2D eigenvalue weighted by atomic mass is 10.3. The monoisotopic (exact) mass is 293 g/mol. The van der Waals surface area contributed by atoms with Gasteiger partial charge in [0.1, 0.15) is 18.2 Å². The zero-order valence-electron chi connectivity index (χ0n) is 10.9. The standard InChI is InChI=1S/C14H16ClN3O2/c15-12-6-7-14(18-16)17-13(12)10-19-8-9-20-11-4-2-1-3-5-11/h1-7H,8-10,16H2,(H,17,18). The minimum Gasteiger partial charge on any atom is -0.491 e. The van der Waals surface area contributed by atoms with Gasteiger partial charge >= 0.3 is 0 Å². The van der Waals surface area contributed by atoms with Gasteiger partial charge in [0.05, 0.1) is 23.9 Å². The second kappa shape index (κ2) is 7.69. The minimum absolute atomic E-state index is 0.312. The van der Waals surface area contributed by atoms with E-state index in [9.17, 15) is 0 Å². The van der Waals surface area contributed by atoms with Crippen molar-refractivity contribution >= 4 is 17.4 Å². The van der Waals surface area contributed by atoms with Crippen molar-refractivity contribution in [3.63, 3.8) is 0 Å². The third-order valence-electron chi connectivity index (χ3n) is 2.54. The summed E-state index contributed by atoms with van der Waals surface area (Å²) in [4.78, 5) is 4.21. The van der Waals surface area contributed by atoms with E-state index in [1.807, 2.05) is 30.3 Å². The van der Waals surface area contributed by atoms with Crippen LogP contribution in [0.25, 0.3) is 0 Å². The zero-order chi connectivity index (χ0) is 14.2. The third-order valence-corrected chi connectivity index (χ3v) is 2.89. The van der Waals surface area contributed by atoms with Gasteiger partial charge in [0.15, 0.2) is 0 Å². The Balaban J connectivity index is 1.73. The van der Waals surface area contributed by atoms with Crippen molar-refractivity contribution in [2.45, 2.75) is 6.61 Å². The Morgan fingerprint density at radius 2 is 1.90 bits per heavy atom. The molecule has 1 aromatic carbocycles. The van der Waals surface area contributed by atoms with Crippen LogP contribution in [-0.2, 0) is 11.3 Å². The van der Waals surface area contributed by atoms with Gasteiger partial charge < -0.3 is 14.9 Å². The molecule has 0 fully saturated rings. The molecule has 1 aromatic heterocycles. The van der Waals surface area contributed by atoms with Gasteiger partial charge in [-0.1, -0.05) is 29.8 Å². The number of halogens is 1. The van der Waals surface area contributed by atoms with Crippen LogP contribution in [0, 0.1) is 0 Å². The van der Waals surface area contributed by atoms with Gasteiger partial charge in [-0.3, -0.25) is 0 Å². The van der Waals surface area contributed by atoms with Crippen molar-refractivity contribution in [1.29, 1.82) is 0 Å². The number of nitrogens with two attached hydrogens (primary N) is 1. The Morgan fingerprint density at radius 3 is 2.65 bits per heavy atom. The normalized spacial score (nSPS) is 10.3. The number of benzene rings is 1. The zero-order valence-corrected chi connectivity index (χ0v) is 11.6. The molecule has 0 atom stereocenters. The maximum absolute atomic E-state index is 6.02. The van der Waals surface area contributed by atoms with Crippen LogP contribution in [0.2, 0.25) is 5.02 Å². The number of anilines is 1. The molecule has 6 heteroatoms. The highest BCUT2D eigenvalue weighted by Gasteiger charge is 2.04. The molecular weight excluding hydrogens is 278 g/mol. The molecule has 0 amide bonds. The fraction of sp³-hybridized carbons (Fsp3) is 0.214. The van der Waals surface area contributed by atoms with E-state index in [1.54, 1.807) is 12.1 Å². The lowest BCUT2D eigenvalue weighted by Crippen LogP contribution is -2.11. The van der Waals surface area contributed by atoms with E-state index in [-0.39, 0.29) is 0 Å². The Bertz CT molecular complexity index is 537. The van der Waals surface area contributed by atoms with E-state index in [0.717, 1.165) is 5.75 Å². The first-order valence-corrected chi connectivity index (χ1v) is 6.55. The summed E-state index contributed by atoms with van der Waals surface area (Å²) in [6.45, 7) is 1.23. The average molecular weight is 294 g/mol. The van der Waals surface area contributed by atoms with Crippen LogP contribution in [0.3, 0.4) is 0 Å². The highest BCUT2D eigenvalue weighted by molar-refractivity contribution is 6.31. The van der Waals surface area contributed by atoms with Crippen molar-refractivity contribution in [3.05, 3.63) is 53.2 Å². The molecule has 20 heavy (non-hydrogen) atoms. The van der Waals surface area contributed by atoms with Crippen molar-refractivity contribution < 1.29 is 9.47 Å². The predicted octanol–water partition coefficient (Wildman–Crippen LogP) is 2.62. The Morgan fingerprint density at radius 1 is 1.10 bits per heavy atom. The summed E-state index contributed by atoms with van der Waals surface area (Å²) in [6.07, 6.45) is 0. The molecule has 0 unspecified atom stereocenters. The maximum Gasteiger partial charge on any atom is 0.140 e. The number of hydrogen-bond donors (Lipinski definition) is 2. The molecule has 0 spiro atoms. The number of ether oxygens (including phenoxy) is 2. The SMILES string of the molecule is NNc1ccc(Cl)c(COCCOc2ccccc2)n1. The summed E-state index contributed by atoms with van der Waals surface area (Å²) in [5.74, 6) is 6.66. The summed E-state index contributed by atoms with van der Waals surface area (Å²) < 4.78 is 11.0. The summed E-state index contributed by atoms with van der Waals surface area (Å²) >= 11 is 6.02. The maximum atomic E-state index is 6.02. The molecule has 3 N–H and O–H groups in total. The van der Waals surface area contributed by atoms with Crippen LogP contribution in [0.1, 0.15) is 5.69 Å². The predicted molar refractivity (Wildman–Crippen MR) is 78.7 cm³/mol. The fourth-order valence-corrected chi connectivity index (χ4v) is 1.73. The molecule has 2 aromatic rings. The Labute approximate surface area is 122 Å². The lowest BCUT2D eigenvalue weighted by Gasteiger charge is -2.08. The Kier molecular flexibility index (Phi) is 5.61. The van der Waals surface area contributed by atoms with Crippen molar-refractivity contribution in [3.8, 4) is 5.75 Å². The fourth-order valence-electron chi connectivity index (χ4n) is 1.57. The molecule has 5 nitrogen and oxygen atoms in total. The van der Waals surface area contributed by atoms with Crippen LogP contribution in [-0.4, -0.2) is 18.2 Å². The summed E-state index contributed by atoms with van der Waals surface area (Å²) in [6, 6.07) is 13.0. The molecule has 106 valence electrons. The second-order valence-electron chi connectivity index (χ2n) is 3.98. The van der Waals surface area contributed by atoms with Crippen molar-refractivity contribution in [2.24, 2.45) is 5.84 Å². The van der Waals surface area contributed by atoms with Gasteiger partial charge in [0, 0.05) is 0 Å². The largest absolute Gasteiger partial charge is 0.491 e.